The van der Waals surface area contributed by atoms with Crippen molar-refractivity contribution in [2.24, 2.45) is 5.92 Å². The Bertz CT molecular complexity index is 2040. The predicted octanol–water partition coefficient (Wildman–Crippen LogP) is 7.70. The molecule has 0 radical (unpaired) electrons. The van der Waals surface area contributed by atoms with Gasteiger partial charge in [-0.25, -0.2) is 9.97 Å². The molecule has 0 aliphatic carbocycles. The Hall–Kier alpha value is -4.93. The fraction of sp³-hybridized carbons (Fsp3) is 0.200. The third kappa shape index (κ3) is 7.71. The van der Waals surface area contributed by atoms with E-state index in [1.54, 1.807) is 18.0 Å². The van der Waals surface area contributed by atoms with Crippen LogP contribution in [-0.2, 0) is 22.6 Å². The minimum atomic E-state index is -0.585. The summed E-state index contributed by atoms with van der Waals surface area (Å²) in [7, 11) is 0. The lowest BCUT2D eigenvalue weighted by molar-refractivity contribution is -0.268. The molecule has 246 valence electrons. The van der Waals surface area contributed by atoms with Crippen LogP contribution in [-0.4, -0.2) is 37.8 Å². The van der Waals surface area contributed by atoms with Crippen molar-refractivity contribution < 1.29 is 19.4 Å². The van der Waals surface area contributed by atoms with Crippen LogP contribution in [0, 0.1) is 5.92 Å². The zero-order valence-electron chi connectivity index (χ0n) is 27.0. The van der Waals surface area contributed by atoms with Crippen LogP contribution in [0.1, 0.15) is 52.1 Å². The van der Waals surface area contributed by atoms with Gasteiger partial charge in [0.25, 0.3) is 5.91 Å². The highest BCUT2D eigenvalue weighted by atomic mass is 32.2. The van der Waals surface area contributed by atoms with Gasteiger partial charge in [0, 0.05) is 30.0 Å². The number of pyridine rings is 1. The molecular weight excluding hydrogens is 633 g/mol. The van der Waals surface area contributed by atoms with Crippen LogP contribution in [0.2, 0.25) is 0 Å². The van der Waals surface area contributed by atoms with E-state index in [1.165, 1.54) is 6.20 Å². The Balaban J connectivity index is 1.09. The van der Waals surface area contributed by atoms with Gasteiger partial charge in [0.1, 0.15) is 5.69 Å². The number of benzene rings is 4. The van der Waals surface area contributed by atoms with Crippen LogP contribution in [0.15, 0.2) is 133 Å². The average Bonchev–Trinajstić information content (AvgIpc) is 3.17. The van der Waals surface area contributed by atoms with Crippen molar-refractivity contribution in [3.63, 3.8) is 0 Å². The van der Waals surface area contributed by atoms with Gasteiger partial charge < -0.3 is 19.9 Å². The van der Waals surface area contributed by atoms with E-state index in [1.807, 2.05) is 91.0 Å². The van der Waals surface area contributed by atoms with Gasteiger partial charge in [0.2, 0.25) is 0 Å². The van der Waals surface area contributed by atoms with Gasteiger partial charge in [-0.2, -0.15) is 0 Å². The van der Waals surface area contributed by atoms with E-state index in [0.29, 0.717) is 12.1 Å². The summed E-state index contributed by atoms with van der Waals surface area (Å²) < 4.78 is 13.4. The van der Waals surface area contributed by atoms with Gasteiger partial charge >= 0.3 is 0 Å². The molecule has 4 atom stereocenters. The van der Waals surface area contributed by atoms with Crippen molar-refractivity contribution in [1.82, 2.24) is 20.3 Å². The van der Waals surface area contributed by atoms with Crippen LogP contribution in [0.5, 0.6) is 0 Å². The smallest absolute Gasteiger partial charge is 0.271 e. The molecule has 0 saturated carbocycles. The number of carbonyl (C=O) groups is 1. The molecule has 0 unspecified atom stereocenters. The highest BCUT2D eigenvalue weighted by Gasteiger charge is 2.38. The van der Waals surface area contributed by atoms with E-state index < -0.39 is 6.29 Å². The Morgan fingerprint density at radius 1 is 0.796 bits per heavy atom. The molecule has 49 heavy (non-hydrogen) atoms. The van der Waals surface area contributed by atoms with Crippen molar-refractivity contribution in [3.8, 4) is 11.1 Å². The predicted molar refractivity (Wildman–Crippen MR) is 191 cm³/mol. The molecule has 0 bridgehead atoms. The summed E-state index contributed by atoms with van der Waals surface area (Å²) in [5.74, 6) is 0.521. The Morgan fingerprint density at radius 3 is 2.37 bits per heavy atom. The first-order chi connectivity index (χ1) is 24.0. The summed E-state index contributed by atoms with van der Waals surface area (Å²) in [6.07, 6.45) is 2.42. The molecule has 1 aliphatic heterocycles. The molecule has 1 amide bonds. The van der Waals surface area contributed by atoms with E-state index in [2.05, 4.69) is 51.5 Å². The Morgan fingerprint density at radius 2 is 1.57 bits per heavy atom. The molecule has 2 aromatic heterocycles. The summed E-state index contributed by atoms with van der Waals surface area (Å²) in [5, 5.41) is 13.5. The molecule has 1 fully saturated rings. The van der Waals surface area contributed by atoms with E-state index >= 15 is 0 Å². The lowest BCUT2D eigenvalue weighted by atomic mass is 9.91. The quantitative estimate of drug-likeness (QED) is 0.143. The number of aliphatic hydroxyl groups is 1. The van der Waals surface area contributed by atoms with Gasteiger partial charge in [-0.05, 0) is 64.2 Å². The monoisotopic (exact) mass is 668 g/mol. The van der Waals surface area contributed by atoms with Crippen molar-refractivity contribution in [1.29, 1.82) is 0 Å². The summed E-state index contributed by atoms with van der Waals surface area (Å²) in [5.41, 5.74) is 7.53. The number of nitrogens with zero attached hydrogens (tertiary/aromatic N) is 3. The molecule has 0 spiro atoms. The maximum atomic E-state index is 12.9. The zero-order chi connectivity index (χ0) is 33.6. The number of hydrogen-bond acceptors (Lipinski definition) is 8. The number of amides is 1. The van der Waals surface area contributed by atoms with Crippen LogP contribution < -0.4 is 5.32 Å². The summed E-state index contributed by atoms with van der Waals surface area (Å²) in [6.45, 7) is 2.51. The highest BCUT2D eigenvalue weighted by molar-refractivity contribution is 7.99. The van der Waals surface area contributed by atoms with Crippen LogP contribution >= 0.6 is 11.8 Å². The Labute approximate surface area is 289 Å². The van der Waals surface area contributed by atoms with E-state index in [4.69, 9.17) is 9.47 Å². The van der Waals surface area contributed by atoms with Gasteiger partial charge in [-0.1, -0.05) is 85.8 Å². The number of hydrogen-bond donors (Lipinski definition) is 2. The van der Waals surface area contributed by atoms with E-state index in [9.17, 15) is 9.90 Å². The van der Waals surface area contributed by atoms with Gasteiger partial charge in [0.15, 0.2) is 6.29 Å². The van der Waals surface area contributed by atoms with E-state index in [0.717, 1.165) is 49.7 Å². The molecule has 9 heteroatoms. The number of ether oxygens (including phenoxy) is 2. The number of rotatable bonds is 10. The number of carbonyl (C=O) groups excluding carboxylic acids is 1. The molecule has 3 heterocycles. The normalized spacial score (nSPS) is 19.1. The minimum Gasteiger partial charge on any atom is -0.392 e. The Kier molecular flexibility index (Phi) is 10.0. The maximum Gasteiger partial charge on any atom is 0.271 e. The third-order valence-corrected chi connectivity index (χ3v) is 9.74. The molecule has 1 saturated heterocycles. The third-order valence-electron chi connectivity index (χ3n) is 8.71. The summed E-state index contributed by atoms with van der Waals surface area (Å²) >= 11 is 1.68. The highest BCUT2D eigenvalue weighted by Crippen LogP contribution is 2.43. The molecule has 2 N–H and O–H groups in total. The first-order valence-corrected chi connectivity index (χ1v) is 17.3. The second-order valence-electron chi connectivity index (χ2n) is 12.1. The molecule has 4 aromatic carbocycles. The lowest BCUT2D eigenvalue weighted by Crippen LogP contribution is -2.38. The molecule has 6 aromatic rings. The fourth-order valence-corrected chi connectivity index (χ4v) is 7.00. The summed E-state index contributed by atoms with van der Waals surface area (Å²) in [6, 6.07) is 37.7. The second-order valence-corrected chi connectivity index (χ2v) is 13.1. The molecule has 1 aliphatic rings. The first kappa shape index (κ1) is 32.6. The maximum absolute atomic E-state index is 12.9. The van der Waals surface area contributed by atoms with Crippen molar-refractivity contribution in [3.05, 3.63) is 156 Å². The topological polar surface area (TPSA) is 106 Å². The number of nitrogens with one attached hydrogen (secondary N) is 1. The number of thioether (sulfide) groups is 1. The lowest BCUT2D eigenvalue weighted by Gasteiger charge is -2.41. The molecular formula is C40H36N4O4S. The van der Waals surface area contributed by atoms with Crippen molar-refractivity contribution in [2.75, 3.05) is 5.75 Å². The largest absolute Gasteiger partial charge is 0.392 e. The average molecular weight is 669 g/mol. The van der Waals surface area contributed by atoms with Crippen molar-refractivity contribution in [2.45, 2.75) is 43.6 Å². The fourth-order valence-electron chi connectivity index (χ4n) is 5.98. The number of fused-ring (bicyclic) bond motifs is 1. The number of aromatic nitrogens is 3. The van der Waals surface area contributed by atoms with Crippen LogP contribution in [0.4, 0.5) is 0 Å². The van der Waals surface area contributed by atoms with Gasteiger partial charge in [-0.15, -0.1) is 11.8 Å². The number of para-hydroxylation sites is 2. The van der Waals surface area contributed by atoms with Crippen LogP contribution in [0.3, 0.4) is 0 Å². The minimum absolute atomic E-state index is 0.00403. The van der Waals surface area contributed by atoms with Gasteiger partial charge in [0.05, 0.1) is 41.1 Å². The van der Waals surface area contributed by atoms with Crippen molar-refractivity contribution >= 4 is 28.7 Å². The zero-order valence-corrected chi connectivity index (χ0v) is 27.8. The standard InChI is InChI=1S/C40H36N4O4S/c1-26-36(25-49-37-14-4-5-19-41-37)47-40(48-38(26)29-17-15-27(24-45)16-18-29)32-11-7-10-31(21-32)30-9-6-8-28(20-30)22-43-39(46)35-23-42-33-12-2-3-13-34(33)44-35/h2-21,23,26,36,38,40,45H,22,24-25H2,1H3,(H,43,46)/t26-,36+,38+,40+/m0/s1. The molecule has 8 nitrogen and oxygen atoms in total. The second kappa shape index (κ2) is 15.1. The SMILES string of the molecule is C[C@H]1[C@@H](CSc2ccccn2)O[C@@H](c2cccc(-c3cccc(CNC(=O)c4cnc5ccccc5n4)c3)c2)O[C@H]1c1ccc(CO)cc1. The van der Waals surface area contributed by atoms with Crippen LogP contribution in [0.25, 0.3) is 22.2 Å². The molecule has 7 rings (SSSR count). The van der Waals surface area contributed by atoms with E-state index in [-0.39, 0.29) is 36.3 Å². The first-order valence-electron chi connectivity index (χ1n) is 16.3. The number of aliphatic hydroxyl groups excluding tert-OH is 1. The summed E-state index contributed by atoms with van der Waals surface area (Å²) in [4.78, 5) is 26.2. The van der Waals surface area contributed by atoms with Gasteiger partial charge in [-0.3, -0.25) is 9.78 Å².